The molecule has 1 atom stereocenters. The van der Waals surface area contributed by atoms with Gasteiger partial charge in [0.25, 0.3) is 0 Å². The Hall–Kier alpha value is -3.14. The van der Waals surface area contributed by atoms with E-state index in [1.807, 2.05) is 17.5 Å². The molecule has 0 radical (unpaired) electrons. The summed E-state index contributed by atoms with van der Waals surface area (Å²) in [6.07, 6.45) is 0.0519. The largest absolute Gasteiger partial charge is 0.462 e. The number of thiophene rings is 1. The number of carbonyl (C=O) groups excluding carboxylic acids is 3. The van der Waals surface area contributed by atoms with Crippen LogP contribution in [-0.4, -0.2) is 39.7 Å². The van der Waals surface area contributed by atoms with Gasteiger partial charge < -0.3 is 10.1 Å². The van der Waals surface area contributed by atoms with E-state index in [4.69, 9.17) is 16.3 Å². The summed E-state index contributed by atoms with van der Waals surface area (Å²) < 4.78 is 5.02. The summed E-state index contributed by atoms with van der Waals surface area (Å²) >= 11 is 8.71. The Morgan fingerprint density at radius 3 is 2.54 bits per heavy atom. The van der Waals surface area contributed by atoms with E-state index in [1.54, 1.807) is 71.7 Å². The lowest BCUT2D eigenvalue weighted by molar-refractivity contribution is -0.129. The summed E-state index contributed by atoms with van der Waals surface area (Å²) in [6.45, 7) is 2.41. The van der Waals surface area contributed by atoms with Gasteiger partial charge in [-0.25, -0.2) is 9.79 Å². The molecular weight excluding hydrogens is 506 g/mol. The standard InChI is InChI=1S/C25H22ClN3O4S2/c1-2-33-24(32)16-5-9-19(10-6-16)28-25-29(15-20-4-3-13-34-20)22(30)14-21(35-25)23(31)27-18-11-7-17(26)8-12-18/h3-13,21H,2,14-15H2,1H3,(H,27,31). The Balaban J connectivity index is 1.57. The molecule has 0 bridgehead atoms. The number of nitrogens with one attached hydrogen (secondary N) is 1. The van der Waals surface area contributed by atoms with Crippen LogP contribution in [0.3, 0.4) is 0 Å². The fraction of sp³-hybridized carbons (Fsp3) is 0.200. The summed E-state index contributed by atoms with van der Waals surface area (Å²) in [4.78, 5) is 45.3. The van der Waals surface area contributed by atoms with Crippen molar-refractivity contribution in [3.63, 3.8) is 0 Å². The smallest absolute Gasteiger partial charge is 0.338 e. The van der Waals surface area contributed by atoms with Crippen molar-refractivity contribution in [2.45, 2.75) is 25.1 Å². The van der Waals surface area contributed by atoms with Gasteiger partial charge in [0.15, 0.2) is 5.17 Å². The number of nitrogens with zero attached hydrogens (tertiary/aromatic N) is 2. The molecule has 35 heavy (non-hydrogen) atoms. The molecule has 2 aromatic carbocycles. The zero-order chi connectivity index (χ0) is 24.8. The van der Waals surface area contributed by atoms with Crippen LogP contribution in [0, 0.1) is 0 Å². The first-order valence-corrected chi connectivity index (χ1v) is 13.0. The number of hydrogen-bond acceptors (Lipinski definition) is 7. The minimum atomic E-state index is -0.643. The van der Waals surface area contributed by atoms with Crippen molar-refractivity contribution in [1.82, 2.24) is 4.90 Å². The van der Waals surface area contributed by atoms with Crippen molar-refractivity contribution in [3.05, 3.63) is 81.5 Å². The van der Waals surface area contributed by atoms with E-state index in [-0.39, 0.29) is 18.2 Å². The number of halogens is 1. The van der Waals surface area contributed by atoms with Crippen LogP contribution in [0.2, 0.25) is 5.02 Å². The Kier molecular flexibility index (Phi) is 8.22. The highest BCUT2D eigenvalue weighted by molar-refractivity contribution is 8.15. The van der Waals surface area contributed by atoms with Gasteiger partial charge in [0, 0.05) is 22.0 Å². The average molecular weight is 528 g/mol. The maximum atomic E-state index is 13.1. The normalized spacial score (nSPS) is 16.9. The number of thioether (sulfide) groups is 1. The van der Waals surface area contributed by atoms with Gasteiger partial charge in [-0.05, 0) is 66.9 Å². The molecule has 4 rings (SSSR count). The molecule has 0 saturated carbocycles. The van der Waals surface area contributed by atoms with E-state index in [2.05, 4.69) is 10.3 Å². The van der Waals surface area contributed by atoms with Crippen LogP contribution < -0.4 is 5.32 Å². The van der Waals surface area contributed by atoms with E-state index in [1.165, 1.54) is 11.8 Å². The molecule has 7 nitrogen and oxygen atoms in total. The van der Waals surface area contributed by atoms with E-state index < -0.39 is 11.2 Å². The first-order valence-electron chi connectivity index (χ1n) is 10.8. The van der Waals surface area contributed by atoms with Gasteiger partial charge in [-0.3, -0.25) is 14.5 Å². The maximum absolute atomic E-state index is 13.1. The number of benzene rings is 2. The van der Waals surface area contributed by atoms with E-state index in [0.29, 0.717) is 40.3 Å². The van der Waals surface area contributed by atoms with Crippen LogP contribution in [0.5, 0.6) is 0 Å². The topological polar surface area (TPSA) is 88.1 Å². The molecule has 2 amide bonds. The molecule has 0 spiro atoms. The van der Waals surface area contributed by atoms with Crippen molar-refractivity contribution in [2.24, 2.45) is 4.99 Å². The number of amidine groups is 1. The molecule has 1 fully saturated rings. The monoisotopic (exact) mass is 527 g/mol. The molecule has 10 heteroatoms. The van der Waals surface area contributed by atoms with Gasteiger partial charge in [0.1, 0.15) is 5.25 Å². The van der Waals surface area contributed by atoms with Crippen LogP contribution in [0.1, 0.15) is 28.6 Å². The number of hydrogen-bond donors (Lipinski definition) is 1. The molecule has 3 aromatic rings. The number of anilines is 1. The van der Waals surface area contributed by atoms with E-state index >= 15 is 0 Å². The lowest BCUT2D eigenvalue weighted by Crippen LogP contribution is -2.44. The number of aliphatic imine (C=N–C) groups is 1. The number of rotatable bonds is 7. The van der Waals surface area contributed by atoms with Crippen LogP contribution in [0.4, 0.5) is 11.4 Å². The third kappa shape index (κ3) is 6.50. The van der Waals surface area contributed by atoms with Crippen LogP contribution in [0.15, 0.2) is 71.0 Å². The molecule has 1 aromatic heterocycles. The van der Waals surface area contributed by atoms with E-state index in [0.717, 1.165) is 4.88 Å². The average Bonchev–Trinajstić information content (AvgIpc) is 3.36. The number of amides is 2. The van der Waals surface area contributed by atoms with Crippen molar-refractivity contribution < 1.29 is 19.1 Å². The first kappa shape index (κ1) is 25.0. The summed E-state index contributed by atoms with van der Waals surface area (Å²) in [6, 6.07) is 17.3. The molecule has 1 aliphatic rings. The second kappa shape index (κ2) is 11.5. The SMILES string of the molecule is CCOC(=O)c1ccc(N=C2SC(C(=O)Nc3ccc(Cl)cc3)CC(=O)N2Cc2cccs2)cc1. The quantitative estimate of drug-likeness (QED) is 0.396. The predicted octanol–water partition coefficient (Wildman–Crippen LogP) is 5.74. The Morgan fingerprint density at radius 2 is 1.89 bits per heavy atom. The third-order valence-electron chi connectivity index (χ3n) is 5.04. The fourth-order valence-corrected chi connectivity index (χ4v) is 5.22. The third-order valence-corrected chi connectivity index (χ3v) is 7.34. The van der Waals surface area contributed by atoms with Gasteiger partial charge in [0.2, 0.25) is 11.8 Å². The number of ether oxygens (including phenoxy) is 1. The van der Waals surface area contributed by atoms with Crippen molar-refractivity contribution in [3.8, 4) is 0 Å². The van der Waals surface area contributed by atoms with Gasteiger partial charge in [-0.2, -0.15) is 0 Å². The minimum Gasteiger partial charge on any atom is -0.462 e. The lowest BCUT2D eigenvalue weighted by Gasteiger charge is -2.31. The number of esters is 1. The summed E-state index contributed by atoms with van der Waals surface area (Å²) in [5.41, 5.74) is 1.57. The van der Waals surface area contributed by atoms with Gasteiger partial charge in [-0.15, -0.1) is 11.3 Å². The van der Waals surface area contributed by atoms with Crippen LogP contribution in [0.25, 0.3) is 0 Å². The molecule has 2 heterocycles. The van der Waals surface area contributed by atoms with E-state index in [9.17, 15) is 14.4 Å². The molecule has 0 aliphatic carbocycles. The highest BCUT2D eigenvalue weighted by atomic mass is 35.5. The fourth-order valence-electron chi connectivity index (χ4n) is 3.31. The van der Waals surface area contributed by atoms with Crippen molar-refractivity contribution in [2.75, 3.05) is 11.9 Å². The Morgan fingerprint density at radius 1 is 1.14 bits per heavy atom. The lowest BCUT2D eigenvalue weighted by atomic mass is 10.2. The molecule has 1 N–H and O–H groups in total. The maximum Gasteiger partial charge on any atom is 0.338 e. The highest BCUT2D eigenvalue weighted by Gasteiger charge is 2.36. The van der Waals surface area contributed by atoms with Crippen LogP contribution in [-0.2, 0) is 20.9 Å². The zero-order valence-corrected chi connectivity index (χ0v) is 21.2. The second-order valence-electron chi connectivity index (χ2n) is 7.53. The zero-order valence-electron chi connectivity index (χ0n) is 18.8. The predicted molar refractivity (Wildman–Crippen MR) is 140 cm³/mol. The molecule has 1 saturated heterocycles. The molecule has 1 unspecified atom stereocenters. The highest BCUT2D eigenvalue weighted by Crippen LogP contribution is 2.31. The summed E-state index contributed by atoms with van der Waals surface area (Å²) in [7, 11) is 0. The second-order valence-corrected chi connectivity index (χ2v) is 10.2. The van der Waals surface area contributed by atoms with Gasteiger partial charge in [0.05, 0.1) is 24.4 Å². The van der Waals surface area contributed by atoms with Crippen molar-refractivity contribution in [1.29, 1.82) is 0 Å². The van der Waals surface area contributed by atoms with Crippen molar-refractivity contribution >= 4 is 69.0 Å². The van der Waals surface area contributed by atoms with Gasteiger partial charge >= 0.3 is 5.97 Å². The molecular formula is C25H22ClN3O4S2. The number of carbonyl (C=O) groups is 3. The van der Waals surface area contributed by atoms with Gasteiger partial charge in [-0.1, -0.05) is 29.4 Å². The first-order chi connectivity index (χ1) is 16.9. The summed E-state index contributed by atoms with van der Waals surface area (Å²) in [5, 5.41) is 5.14. The molecule has 180 valence electrons. The Labute approximate surface area is 216 Å². The van der Waals surface area contributed by atoms with Crippen LogP contribution >= 0.6 is 34.7 Å². The molecule has 1 aliphatic heterocycles. The minimum absolute atomic E-state index is 0.0519. The Bertz CT molecular complexity index is 1230. The summed E-state index contributed by atoms with van der Waals surface area (Å²) in [5.74, 6) is -0.880.